The van der Waals surface area contributed by atoms with Crippen LogP contribution in [0.4, 0.5) is 0 Å². The number of nitrogens with zero attached hydrogens (tertiary/aromatic N) is 1. The van der Waals surface area contributed by atoms with Crippen molar-refractivity contribution in [3.8, 4) is 0 Å². The quantitative estimate of drug-likeness (QED) is 0.726. The number of esters is 1. The minimum atomic E-state index is -0.152. The van der Waals surface area contributed by atoms with Gasteiger partial charge in [0.05, 0.1) is 5.69 Å². The van der Waals surface area contributed by atoms with E-state index in [9.17, 15) is 4.79 Å². The third kappa shape index (κ3) is 5.78. The van der Waals surface area contributed by atoms with E-state index in [2.05, 4.69) is 24.0 Å². The Bertz CT molecular complexity index is 540. The van der Waals surface area contributed by atoms with Crippen LogP contribution in [-0.2, 0) is 22.6 Å². The van der Waals surface area contributed by atoms with Crippen molar-refractivity contribution in [3.05, 3.63) is 66.0 Å². The maximum Gasteiger partial charge on any atom is 0.306 e. The molecule has 21 heavy (non-hydrogen) atoms. The molecule has 2 rings (SSSR count). The van der Waals surface area contributed by atoms with Gasteiger partial charge < -0.3 is 4.74 Å². The molecule has 0 spiro atoms. The molecular formula is C18H21NO2. The van der Waals surface area contributed by atoms with E-state index in [4.69, 9.17) is 4.74 Å². The highest BCUT2D eigenvalue weighted by Crippen LogP contribution is 2.13. The second kappa shape index (κ2) is 8.20. The van der Waals surface area contributed by atoms with Gasteiger partial charge in [0.2, 0.25) is 0 Å². The summed E-state index contributed by atoms with van der Waals surface area (Å²) in [6.45, 7) is 2.34. The molecule has 3 heteroatoms. The summed E-state index contributed by atoms with van der Waals surface area (Å²) >= 11 is 0. The molecule has 1 aromatic heterocycles. The minimum Gasteiger partial charge on any atom is -0.459 e. The lowest BCUT2D eigenvalue weighted by molar-refractivity contribution is -0.146. The number of aryl methyl sites for hydroxylation is 1. The summed E-state index contributed by atoms with van der Waals surface area (Å²) in [5.74, 6) is 0.169. The molecule has 2 aromatic rings. The maximum absolute atomic E-state index is 11.8. The molecule has 1 heterocycles. The van der Waals surface area contributed by atoms with Crippen LogP contribution in [0.15, 0.2) is 54.7 Å². The summed E-state index contributed by atoms with van der Waals surface area (Å²) in [5.41, 5.74) is 2.09. The topological polar surface area (TPSA) is 39.2 Å². The van der Waals surface area contributed by atoms with E-state index in [0.717, 1.165) is 18.5 Å². The van der Waals surface area contributed by atoms with Gasteiger partial charge in [-0.25, -0.2) is 0 Å². The number of hydrogen-bond donors (Lipinski definition) is 0. The lowest BCUT2D eigenvalue weighted by Crippen LogP contribution is -2.10. The highest BCUT2D eigenvalue weighted by molar-refractivity contribution is 5.69. The Morgan fingerprint density at radius 2 is 1.90 bits per heavy atom. The number of rotatable bonds is 7. The summed E-state index contributed by atoms with van der Waals surface area (Å²) in [7, 11) is 0. The number of carbonyl (C=O) groups excluding carboxylic acids is 1. The van der Waals surface area contributed by atoms with Gasteiger partial charge in [-0.2, -0.15) is 0 Å². The molecule has 0 radical (unpaired) electrons. The first kappa shape index (κ1) is 15.2. The van der Waals surface area contributed by atoms with Crippen LogP contribution in [0, 0.1) is 5.92 Å². The third-order valence-corrected chi connectivity index (χ3v) is 3.39. The summed E-state index contributed by atoms with van der Waals surface area (Å²) in [4.78, 5) is 15.9. The molecule has 1 atom stereocenters. The standard InChI is InChI=1S/C18H21NO2/c1-15(10-11-16-7-3-2-4-8-16)13-18(20)21-14-17-9-5-6-12-19-17/h2-9,12,15H,10-11,13-14H2,1H3. The van der Waals surface area contributed by atoms with Crippen molar-refractivity contribution < 1.29 is 9.53 Å². The Labute approximate surface area is 126 Å². The molecule has 0 N–H and O–H groups in total. The molecule has 0 saturated carbocycles. The van der Waals surface area contributed by atoms with Gasteiger partial charge >= 0.3 is 5.97 Å². The average Bonchev–Trinajstić information content (AvgIpc) is 2.53. The molecule has 3 nitrogen and oxygen atoms in total. The van der Waals surface area contributed by atoms with Gasteiger partial charge in [-0.3, -0.25) is 9.78 Å². The molecule has 1 aromatic carbocycles. The van der Waals surface area contributed by atoms with Gasteiger partial charge in [0.15, 0.2) is 0 Å². The lowest BCUT2D eigenvalue weighted by atomic mass is 9.98. The van der Waals surface area contributed by atoms with Crippen LogP contribution >= 0.6 is 0 Å². The summed E-state index contributed by atoms with van der Waals surface area (Å²) in [6.07, 6.45) is 4.14. The van der Waals surface area contributed by atoms with Gasteiger partial charge in [-0.05, 0) is 36.5 Å². The van der Waals surface area contributed by atoms with Crippen LogP contribution in [0.5, 0.6) is 0 Å². The van der Waals surface area contributed by atoms with Gasteiger partial charge in [0.1, 0.15) is 6.61 Å². The molecule has 0 saturated heterocycles. The Morgan fingerprint density at radius 1 is 1.14 bits per heavy atom. The largest absolute Gasteiger partial charge is 0.459 e. The van der Waals surface area contributed by atoms with Crippen LogP contribution in [0.3, 0.4) is 0 Å². The van der Waals surface area contributed by atoms with Gasteiger partial charge in [-0.1, -0.05) is 43.3 Å². The van der Waals surface area contributed by atoms with Gasteiger partial charge in [0.25, 0.3) is 0 Å². The van der Waals surface area contributed by atoms with Gasteiger partial charge in [0, 0.05) is 12.6 Å². The fourth-order valence-electron chi connectivity index (χ4n) is 2.14. The van der Waals surface area contributed by atoms with E-state index in [1.807, 2.05) is 36.4 Å². The number of aromatic nitrogens is 1. The number of carbonyl (C=O) groups is 1. The van der Waals surface area contributed by atoms with E-state index in [1.54, 1.807) is 6.20 Å². The van der Waals surface area contributed by atoms with Crippen LogP contribution in [0.2, 0.25) is 0 Å². The molecule has 1 unspecified atom stereocenters. The molecule has 0 bridgehead atoms. The summed E-state index contributed by atoms with van der Waals surface area (Å²) in [5, 5.41) is 0. The predicted octanol–water partition coefficient (Wildman–Crippen LogP) is 3.78. The monoisotopic (exact) mass is 283 g/mol. The van der Waals surface area contributed by atoms with Crippen molar-refractivity contribution in [2.45, 2.75) is 32.8 Å². The zero-order valence-corrected chi connectivity index (χ0v) is 12.4. The molecule has 0 amide bonds. The molecule has 110 valence electrons. The zero-order chi connectivity index (χ0) is 14.9. The van der Waals surface area contributed by atoms with Crippen molar-refractivity contribution in [1.29, 1.82) is 0 Å². The predicted molar refractivity (Wildman–Crippen MR) is 82.6 cm³/mol. The van der Waals surface area contributed by atoms with Crippen molar-refractivity contribution in [2.75, 3.05) is 0 Å². The van der Waals surface area contributed by atoms with Crippen LogP contribution in [-0.4, -0.2) is 11.0 Å². The normalized spacial score (nSPS) is 11.9. The first-order valence-corrected chi connectivity index (χ1v) is 7.33. The van der Waals surface area contributed by atoms with Crippen molar-refractivity contribution in [2.24, 2.45) is 5.92 Å². The van der Waals surface area contributed by atoms with Gasteiger partial charge in [-0.15, -0.1) is 0 Å². The molecule has 0 aliphatic rings. The summed E-state index contributed by atoms with van der Waals surface area (Å²) in [6, 6.07) is 15.9. The Hall–Kier alpha value is -2.16. The zero-order valence-electron chi connectivity index (χ0n) is 12.4. The minimum absolute atomic E-state index is 0.152. The highest BCUT2D eigenvalue weighted by atomic mass is 16.5. The second-order valence-electron chi connectivity index (χ2n) is 5.32. The van der Waals surface area contributed by atoms with E-state index < -0.39 is 0 Å². The smallest absolute Gasteiger partial charge is 0.306 e. The van der Waals surface area contributed by atoms with Crippen LogP contribution in [0.1, 0.15) is 31.0 Å². The number of benzene rings is 1. The highest BCUT2D eigenvalue weighted by Gasteiger charge is 2.11. The molecule has 0 fully saturated rings. The fraction of sp³-hybridized carbons (Fsp3) is 0.333. The Morgan fingerprint density at radius 3 is 2.62 bits per heavy atom. The van der Waals surface area contributed by atoms with E-state index >= 15 is 0 Å². The number of pyridine rings is 1. The molecule has 0 aliphatic heterocycles. The Balaban J connectivity index is 1.67. The fourth-order valence-corrected chi connectivity index (χ4v) is 2.14. The Kier molecular flexibility index (Phi) is 5.95. The van der Waals surface area contributed by atoms with E-state index in [1.165, 1.54) is 5.56 Å². The second-order valence-corrected chi connectivity index (χ2v) is 5.32. The molecule has 0 aliphatic carbocycles. The van der Waals surface area contributed by atoms with Crippen LogP contribution < -0.4 is 0 Å². The average molecular weight is 283 g/mol. The van der Waals surface area contributed by atoms with Crippen molar-refractivity contribution in [1.82, 2.24) is 4.98 Å². The van der Waals surface area contributed by atoms with Crippen LogP contribution in [0.25, 0.3) is 0 Å². The van der Waals surface area contributed by atoms with E-state index in [-0.39, 0.29) is 12.6 Å². The third-order valence-electron chi connectivity index (χ3n) is 3.39. The molecular weight excluding hydrogens is 262 g/mol. The van der Waals surface area contributed by atoms with Crippen molar-refractivity contribution in [3.63, 3.8) is 0 Å². The lowest BCUT2D eigenvalue weighted by Gasteiger charge is -2.11. The maximum atomic E-state index is 11.8. The number of hydrogen-bond acceptors (Lipinski definition) is 3. The summed E-state index contributed by atoms with van der Waals surface area (Å²) < 4.78 is 5.25. The van der Waals surface area contributed by atoms with E-state index in [0.29, 0.717) is 12.3 Å². The number of ether oxygens (including phenoxy) is 1. The SMILES string of the molecule is CC(CCc1ccccc1)CC(=O)OCc1ccccn1. The van der Waals surface area contributed by atoms with Crippen molar-refractivity contribution >= 4 is 5.97 Å². The first-order valence-electron chi connectivity index (χ1n) is 7.33. The first-order chi connectivity index (χ1) is 10.2.